The summed E-state index contributed by atoms with van der Waals surface area (Å²) < 4.78 is 10.1. The molecule has 1 heterocycles. The van der Waals surface area contributed by atoms with Gasteiger partial charge in [-0.3, -0.25) is 4.79 Å². The second-order valence-corrected chi connectivity index (χ2v) is 3.05. The van der Waals surface area contributed by atoms with Crippen LogP contribution in [0.2, 0.25) is 0 Å². The van der Waals surface area contributed by atoms with Crippen molar-refractivity contribution in [1.29, 1.82) is 0 Å². The molecule has 0 aromatic carbocycles. The summed E-state index contributed by atoms with van der Waals surface area (Å²) in [6.45, 7) is 4.24. The van der Waals surface area contributed by atoms with Gasteiger partial charge < -0.3 is 9.47 Å². The smallest absolute Gasteiger partial charge is 0.304 e. The summed E-state index contributed by atoms with van der Waals surface area (Å²) in [6, 6.07) is 0. The quantitative estimate of drug-likeness (QED) is 0.540. The van der Waals surface area contributed by atoms with E-state index in [2.05, 4.69) is 6.92 Å². The molecule has 2 atom stereocenters. The van der Waals surface area contributed by atoms with Crippen molar-refractivity contribution >= 4 is 5.97 Å². The van der Waals surface area contributed by atoms with Gasteiger partial charge in [-0.15, -0.1) is 0 Å². The van der Waals surface area contributed by atoms with Gasteiger partial charge in [-0.05, 0) is 12.3 Å². The topological polar surface area (TPSA) is 35.5 Å². The van der Waals surface area contributed by atoms with Crippen molar-refractivity contribution in [3.8, 4) is 0 Å². The highest BCUT2D eigenvalue weighted by Gasteiger charge is 2.20. The molecule has 11 heavy (non-hydrogen) atoms. The van der Waals surface area contributed by atoms with Crippen LogP contribution >= 0.6 is 0 Å². The zero-order valence-corrected chi connectivity index (χ0v) is 7.00. The van der Waals surface area contributed by atoms with E-state index in [1.807, 2.05) is 0 Å². The Morgan fingerprint density at radius 2 is 2.27 bits per heavy atom. The fourth-order valence-electron chi connectivity index (χ4n) is 1.14. The summed E-state index contributed by atoms with van der Waals surface area (Å²) in [5.74, 6) is 0.339. The molecule has 0 aromatic rings. The summed E-state index contributed by atoms with van der Waals surface area (Å²) in [6.07, 6.45) is 1.63. The first-order chi connectivity index (χ1) is 5.18. The lowest BCUT2D eigenvalue weighted by molar-refractivity contribution is -0.189. The Balaban J connectivity index is 2.22. The van der Waals surface area contributed by atoms with Gasteiger partial charge >= 0.3 is 5.97 Å². The fraction of sp³-hybridized carbons (Fsp3) is 0.875. The van der Waals surface area contributed by atoms with E-state index in [0.29, 0.717) is 12.5 Å². The molecule has 1 aliphatic heterocycles. The number of hydrogen-bond acceptors (Lipinski definition) is 3. The maximum absolute atomic E-state index is 10.5. The Kier molecular flexibility index (Phi) is 2.88. The van der Waals surface area contributed by atoms with E-state index in [-0.39, 0.29) is 12.3 Å². The highest BCUT2D eigenvalue weighted by molar-refractivity contribution is 5.66. The van der Waals surface area contributed by atoms with Gasteiger partial charge in [0.15, 0.2) is 0 Å². The lowest BCUT2D eigenvalue weighted by Gasteiger charge is -2.25. The van der Waals surface area contributed by atoms with Crippen molar-refractivity contribution in [3.63, 3.8) is 0 Å². The Morgan fingerprint density at radius 1 is 1.55 bits per heavy atom. The zero-order chi connectivity index (χ0) is 8.27. The summed E-state index contributed by atoms with van der Waals surface area (Å²) in [7, 11) is 0. The Morgan fingerprint density at radius 3 is 2.73 bits per heavy atom. The van der Waals surface area contributed by atoms with Crippen LogP contribution in [0.5, 0.6) is 0 Å². The van der Waals surface area contributed by atoms with Crippen LogP contribution in [-0.4, -0.2) is 18.9 Å². The molecule has 1 rings (SSSR count). The number of ether oxygens (including phenoxy) is 2. The molecule has 1 fully saturated rings. The first kappa shape index (κ1) is 8.53. The molecule has 0 saturated carbocycles. The summed E-state index contributed by atoms with van der Waals surface area (Å²) in [5.41, 5.74) is 0. The molecule has 1 unspecified atom stereocenters. The number of carbonyl (C=O) groups is 1. The first-order valence-electron chi connectivity index (χ1n) is 3.97. The Labute approximate surface area is 66.7 Å². The van der Waals surface area contributed by atoms with E-state index in [9.17, 15) is 4.79 Å². The minimum absolute atomic E-state index is 0.260. The zero-order valence-electron chi connectivity index (χ0n) is 7.00. The largest absolute Gasteiger partial charge is 0.436 e. The lowest BCUT2D eigenvalue weighted by Crippen LogP contribution is -2.28. The van der Waals surface area contributed by atoms with Crippen LogP contribution in [0.1, 0.15) is 26.7 Å². The molecule has 0 bridgehead atoms. The predicted octanol–water partition coefficient (Wildman–Crippen LogP) is 1.32. The van der Waals surface area contributed by atoms with Gasteiger partial charge in [0.1, 0.15) is 0 Å². The molecular formula is C8H14O3. The second kappa shape index (κ2) is 3.72. The number of hydrogen-bond donors (Lipinski definition) is 0. The summed E-state index contributed by atoms with van der Waals surface area (Å²) >= 11 is 0. The molecule has 1 aliphatic rings. The van der Waals surface area contributed by atoms with Crippen LogP contribution in [0.3, 0.4) is 0 Å². The van der Waals surface area contributed by atoms with Crippen LogP contribution in [0.15, 0.2) is 0 Å². The van der Waals surface area contributed by atoms with E-state index < -0.39 is 0 Å². The van der Waals surface area contributed by atoms with E-state index in [1.165, 1.54) is 6.92 Å². The third-order valence-corrected chi connectivity index (χ3v) is 1.76. The van der Waals surface area contributed by atoms with E-state index in [1.54, 1.807) is 0 Å². The van der Waals surface area contributed by atoms with E-state index in [4.69, 9.17) is 9.47 Å². The van der Waals surface area contributed by atoms with Crippen LogP contribution in [0, 0.1) is 5.92 Å². The van der Waals surface area contributed by atoms with E-state index >= 15 is 0 Å². The van der Waals surface area contributed by atoms with Gasteiger partial charge in [-0.2, -0.15) is 0 Å². The standard InChI is InChI=1S/C8H14O3/c1-6-3-4-8(10-5-6)11-7(2)9/h6,8H,3-5H2,1-2H3/t6-,8?/m0/s1. The number of carbonyl (C=O) groups excluding carboxylic acids is 1. The molecule has 64 valence electrons. The van der Waals surface area contributed by atoms with Crippen molar-refractivity contribution in [3.05, 3.63) is 0 Å². The third-order valence-electron chi connectivity index (χ3n) is 1.76. The molecule has 1 saturated heterocycles. The van der Waals surface area contributed by atoms with Crippen LogP contribution in [0.25, 0.3) is 0 Å². The maximum atomic E-state index is 10.5. The van der Waals surface area contributed by atoms with Gasteiger partial charge in [0.2, 0.25) is 6.29 Å². The molecule has 0 N–H and O–H groups in total. The van der Waals surface area contributed by atoms with E-state index in [0.717, 1.165) is 12.8 Å². The van der Waals surface area contributed by atoms with Crippen molar-refractivity contribution in [2.45, 2.75) is 33.0 Å². The van der Waals surface area contributed by atoms with Crippen LogP contribution in [0.4, 0.5) is 0 Å². The van der Waals surface area contributed by atoms with Crippen molar-refractivity contribution in [1.82, 2.24) is 0 Å². The molecular weight excluding hydrogens is 144 g/mol. The fourth-order valence-corrected chi connectivity index (χ4v) is 1.14. The summed E-state index contributed by atoms with van der Waals surface area (Å²) in [5, 5.41) is 0. The first-order valence-corrected chi connectivity index (χ1v) is 3.97. The van der Waals surface area contributed by atoms with Gasteiger partial charge in [0.25, 0.3) is 0 Å². The van der Waals surface area contributed by atoms with Gasteiger partial charge in [0.05, 0.1) is 6.61 Å². The highest BCUT2D eigenvalue weighted by atomic mass is 16.7. The Hall–Kier alpha value is -0.570. The normalized spacial score (nSPS) is 31.5. The predicted molar refractivity (Wildman–Crippen MR) is 39.9 cm³/mol. The average molecular weight is 158 g/mol. The minimum Gasteiger partial charge on any atom is -0.436 e. The number of rotatable bonds is 1. The second-order valence-electron chi connectivity index (χ2n) is 3.05. The van der Waals surface area contributed by atoms with Crippen molar-refractivity contribution in [2.24, 2.45) is 5.92 Å². The molecule has 0 radical (unpaired) electrons. The number of esters is 1. The lowest BCUT2D eigenvalue weighted by atomic mass is 10.0. The average Bonchev–Trinajstić information content (AvgIpc) is 1.93. The molecule has 0 aliphatic carbocycles. The molecule has 3 heteroatoms. The van der Waals surface area contributed by atoms with Crippen molar-refractivity contribution in [2.75, 3.05) is 6.61 Å². The molecule has 0 spiro atoms. The monoisotopic (exact) mass is 158 g/mol. The van der Waals surface area contributed by atoms with Gasteiger partial charge in [-0.1, -0.05) is 6.92 Å². The molecule has 0 aromatic heterocycles. The Bertz CT molecular complexity index is 136. The SMILES string of the molecule is CC(=O)OC1CC[C@H](C)CO1. The highest BCUT2D eigenvalue weighted by Crippen LogP contribution is 2.18. The van der Waals surface area contributed by atoms with Crippen LogP contribution in [-0.2, 0) is 14.3 Å². The summed E-state index contributed by atoms with van der Waals surface area (Å²) in [4.78, 5) is 10.5. The minimum atomic E-state index is -0.288. The van der Waals surface area contributed by atoms with Crippen LogP contribution < -0.4 is 0 Å². The molecule has 3 nitrogen and oxygen atoms in total. The van der Waals surface area contributed by atoms with Gasteiger partial charge in [-0.25, -0.2) is 0 Å². The van der Waals surface area contributed by atoms with Gasteiger partial charge in [0, 0.05) is 13.3 Å². The third kappa shape index (κ3) is 2.89. The van der Waals surface area contributed by atoms with Crippen molar-refractivity contribution < 1.29 is 14.3 Å². The molecule has 0 amide bonds. The maximum Gasteiger partial charge on any atom is 0.304 e.